The zero-order chi connectivity index (χ0) is 14.9. The van der Waals surface area contributed by atoms with Crippen LogP contribution in [0.3, 0.4) is 0 Å². The molecule has 2 amide bonds. The van der Waals surface area contributed by atoms with Crippen LogP contribution >= 0.6 is 15.9 Å². The van der Waals surface area contributed by atoms with Gasteiger partial charge in [-0.3, -0.25) is 0 Å². The van der Waals surface area contributed by atoms with Gasteiger partial charge in [0.2, 0.25) is 0 Å². The normalized spacial score (nSPS) is 17.9. The largest absolute Gasteiger partial charge is 0.390 e. The van der Waals surface area contributed by atoms with E-state index in [-0.39, 0.29) is 6.03 Å². The summed E-state index contributed by atoms with van der Waals surface area (Å²) in [6.45, 7) is 7.01. The summed E-state index contributed by atoms with van der Waals surface area (Å²) < 4.78 is 1.07. The second-order valence-electron chi connectivity index (χ2n) is 5.84. The number of aliphatic hydroxyl groups is 1. The van der Waals surface area contributed by atoms with Gasteiger partial charge < -0.3 is 15.3 Å². The molecular formula is C15H21BrN2O2. The number of aryl methyl sites for hydroxylation is 2. The number of amides is 2. The summed E-state index contributed by atoms with van der Waals surface area (Å²) in [4.78, 5) is 14.0. The van der Waals surface area contributed by atoms with Gasteiger partial charge in [0.25, 0.3) is 0 Å². The van der Waals surface area contributed by atoms with Gasteiger partial charge in [-0.1, -0.05) is 15.9 Å². The third-order valence-corrected chi connectivity index (χ3v) is 5.07. The monoisotopic (exact) mass is 340 g/mol. The molecule has 1 aromatic carbocycles. The highest BCUT2D eigenvalue weighted by atomic mass is 79.9. The van der Waals surface area contributed by atoms with Crippen LogP contribution in [0.4, 0.5) is 10.5 Å². The number of benzene rings is 1. The van der Waals surface area contributed by atoms with Crippen molar-refractivity contribution in [2.24, 2.45) is 0 Å². The minimum atomic E-state index is -0.637. The molecule has 0 spiro atoms. The van der Waals surface area contributed by atoms with E-state index < -0.39 is 5.60 Å². The lowest BCUT2D eigenvalue weighted by Gasteiger charge is -2.35. The summed E-state index contributed by atoms with van der Waals surface area (Å²) in [6, 6.07) is 3.81. The maximum Gasteiger partial charge on any atom is 0.321 e. The first-order chi connectivity index (χ1) is 9.28. The van der Waals surface area contributed by atoms with Crippen LogP contribution in [0.2, 0.25) is 0 Å². The molecule has 1 saturated heterocycles. The average molecular weight is 341 g/mol. The van der Waals surface area contributed by atoms with Gasteiger partial charge in [-0.15, -0.1) is 0 Å². The third kappa shape index (κ3) is 3.52. The lowest BCUT2D eigenvalue weighted by molar-refractivity contribution is 0.00570. The van der Waals surface area contributed by atoms with E-state index in [0.717, 1.165) is 21.3 Å². The summed E-state index contributed by atoms with van der Waals surface area (Å²) in [5, 5.41) is 12.8. The average Bonchev–Trinajstić information content (AvgIpc) is 2.35. The van der Waals surface area contributed by atoms with Gasteiger partial charge in [0.1, 0.15) is 0 Å². The SMILES string of the molecule is Cc1cc(NC(=O)N2CCC(C)(O)CC2)cc(C)c1Br. The molecule has 1 aliphatic rings. The highest BCUT2D eigenvalue weighted by Gasteiger charge is 2.29. The van der Waals surface area contributed by atoms with Gasteiger partial charge in [0.05, 0.1) is 5.60 Å². The van der Waals surface area contributed by atoms with Crippen molar-refractivity contribution < 1.29 is 9.90 Å². The molecule has 2 N–H and O–H groups in total. The van der Waals surface area contributed by atoms with Crippen LogP contribution in [0.15, 0.2) is 16.6 Å². The van der Waals surface area contributed by atoms with Crippen molar-refractivity contribution >= 4 is 27.6 Å². The number of hydrogen-bond acceptors (Lipinski definition) is 2. The fourth-order valence-electron chi connectivity index (χ4n) is 2.41. The second kappa shape index (κ2) is 5.74. The Balaban J connectivity index is 2.02. The van der Waals surface area contributed by atoms with Gasteiger partial charge in [-0.05, 0) is 56.9 Å². The molecule has 5 heteroatoms. The van der Waals surface area contributed by atoms with Crippen LogP contribution in [-0.4, -0.2) is 34.7 Å². The van der Waals surface area contributed by atoms with E-state index in [0.29, 0.717) is 25.9 Å². The van der Waals surface area contributed by atoms with Gasteiger partial charge in [0, 0.05) is 23.2 Å². The smallest absolute Gasteiger partial charge is 0.321 e. The Labute approximate surface area is 128 Å². The molecule has 2 rings (SSSR count). The number of likely N-dealkylation sites (tertiary alicyclic amines) is 1. The number of piperidine rings is 1. The number of nitrogens with one attached hydrogen (secondary N) is 1. The fraction of sp³-hybridized carbons (Fsp3) is 0.533. The summed E-state index contributed by atoms with van der Waals surface area (Å²) in [5.74, 6) is 0. The highest BCUT2D eigenvalue weighted by Crippen LogP contribution is 2.26. The molecule has 0 radical (unpaired) electrons. The predicted molar refractivity (Wildman–Crippen MR) is 84.1 cm³/mol. The summed E-state index contributed by atoms with van der Waals surface area (Å²) in [6.07, 6.45) is 1.25. The number of carbonyl (C=O) groups is 1. The van der Waals surface area contributed by atoms with Crippen molar-refractivity contribution in [3.63, 3.8) is 0 Å². The van der Waals surface area contributed by atoms with Crippen molar-refractivity contribution in [1.82, 2.24) is 4.90 Å². The van der Waals surface area contributed by atoms with Gasteiger partial charge in [-0.2, -0.15) is 0 Å². The van der Waals surface area contributed by atoms with Crippen molar-refractivity contribution in [1.29, 1.82) is 0 Å². The van der Waals surface area contributed by atoms with E-state index >= 15 is 0 Å². The minimum Gasteiger partial charge on any atom is -0.390 e. The molecule has 1 aromatic rings. The number of rotatable bonds is 1. The summed E-state index contributed by atoms with van der Waals surface area (Å²) in [7, 11) is 0. The number of hydrogen-bond donors (Lipinski definition) is 2. The van der Waals surface area contributed by atoms with Gasteiger partial charge in [-0.25, -0.2) is 4.79 Å². The molecule has 4 nitrogen and oxygen atoms in total. The van der Waals surface area contributed by atoms with Crippen molar-refractivity contribution in [3.05, 3.63) is 27.7 Å². The Morgan fingerprint density at radius 3 is 2.30 bits per heavy atom. The van der Waals surface area contributed by atoms with Crippen LogP contribution in [0.1, 0.15) is 30.9 Å². The Kier molecular flexibility index (Phi) is 4.39. The fourth-order valence-corrected chi connectivity index (χ4v) is 2.64. The Morgan fingerprint density at radius 1 is 1.30 bits per heavy atom. The van der Waals surface area contributed by atoms with Crippen LogP contribution in [-0.2, 0) is 0 Å². The summed E-state index contributed by atoms with van der Waals surface area (Å²) in [5.41, 5.74) is 2.37. The maximum absolute atomic E-state index is 12.2. The number of anilines is 1. The number of nitrogens with zero attached hydrogens (tertiary/aromatic N) is 1. The van der Waals surface area contributed by atoms with E-state index in [2.05, 4.69) is 21.2 Å². The van der Waals surface area contributed by atoms with Crippen LogP contribution in [0.25, 0.3) is 0 Å². The van der Waals surface area contributed by atoms with E-state index in [1.54, 1.807) is 4.90 Å². The summed E-state index contributed by atoms with van der Waals surface area (Å²) >= 11 is 3.52. The molecule has 0 aromatic heterocycles. The minimum absolute atomic E-state index is 0.0957. The third-order valence-electron chi connectivity index (χ3n) is 3.82. The topological polar surface area (TPSA) is 52.6 Å². The van der Waals surface area contributed by atoms with Gasteiger partial charge in [0.15, 0.2) is 0 Å². The van der Waals surface area contributed by atoms with E-state index in [4.69, 9.17) is 0 Å². The zero-order valence-electron chi connectivity index (χ0n) is 12.2. The molecule has 110 valence electrons. The second-order valence-corrected chi connectivity index (χ2v) is 6.63. The molecule has 0 unspecified atom stereocenters. The first kappa shape index (κ1) is 15.3. The molecule has 1 heterocycles. The molecule has 20 heavy (non-hydrogen) atoms. The number of halogens is 1. The molecule has 1 aliphatic heterocycles. The van der Waals surface area contributed by atoms with Crippen LogP contribution < -0.4 is 5.32 Å². The predicted octanol–water partition coefficient (Wildman–Crippen LogP) is 3.44. The first-order valence-corrected chi connectivity index (χ1v) is 7.63. The molecule has 0 aliphatic carbocycles. The molecule has 1 fully saturated rings. The van der Waals surface area contributed by atoms with Crippen molar-refractivity contribution in [3.8, 4) is 0 Å². The molecular weight excluding hydrogens is 320 g/mol. The molecule has 0 atom stereocenters. The van der Waals surface area contributed by atoms with Crippen LogP contribution in [0.5, 0.6) is 0 Å². The van der Waals surface area contributed by atoms with E-state index in [1.165, 1.54) is 0 Å². The standard InChI is InChI=1S/C15H21BrN2O2/c1-10-8-12(9-11(2)13(10)16)17-14(19)18-6-4-15(3,20)5-7-18/h8-9,20H,4-7H2,1-3H3,(H,17,19). The zero-order valence-corrected chi connectivity index (χ0v) is 13.7. The highest BCUT2D eigenvalue weighted by molar-refractivity contribution is 9.10. The Hall–Kier alpha value is -1.07. The quantitative estimate of drug-likeness (QED) is 0.822. The lowest BCUT2D eigenvalue weighted by Crippen LogP contribution is -2.46. The van der Waals surface area contributed by atoms with E-state index in [1.807, 2.05) is 32.9 Å². The first-order valence-electron chi connectivity index (χ1n) is 6.83. The van der Waals surface area contributed by atoms with Gasteiger partial charge >= 0.3 is 6.03 Å². The maximum atomic E-state index is 12.2. The van der Waals surface area contributed by atoms with Crippen LogP contribution in [0, 0.1) is 13.8 Å². The number of urea groups is 1. The van der Waals surface area contributed by atoms with Crippen molar-refractivity contribution in [2.75, 3.05) is 18.4 Å². The molecule has 0 bridgehead atoms. The molecule has 0 saturated carbocycles. The number of carbonyl (C=O) groups excluding carboxylic acids is 1. The van der Waals surface area contributed by atoms with Crippen molar-refractivity contribution in [2.45, 2.75) is 39.2 Å². The van der Waals surface area contributed by atoms with E-state index in [9.17, 15) is 9.90 Å². The lowest BCUT2D eigenvalue weighted by atomic mass is 9.94. The Bertz CT molecular complexity index is 496. The Morgan fingerprint density at radius 2 is 1.80 bits per heavy atom.